The van der Waals surface area contributed by atoms with Gasteiger partial charge in [-0.05, 0) is 37.9 Å². The summed E-state index contributed by atoms with van der Waals surface area (Å²) in [6.07, 6.45) is 3.49. The third-order valence-electron chi connectivity index (χ3n) is 4.42. The largest absolute Gasteiger partial charge is 0.348 e. The Morgan fingerprint density at radius 1 is 1.33 bits per heavy atom. The summed E-state index contributed by atoms with van der Waals surface area (Å²) in [5.74, 6) is 5.78. The molecule has 2 unspecified atom stereocenters. The maximum Gasteiger partial charge on any atom is 0.252 e. The van der Waals surface area contributed by atoms with Gasteiger partial charge < -0.3 is 11.1 Å². The number of hydrogen-bond acceptors (Lipinski definition) is 3. The molecule has 1 aromatic rings. The van der Waals surface area contributed by atoms with Crippen LogP contribution in [0.1, 0.15) is 35.2 Å². The van der Waals surface area contributed by atoms with E-state index >= 15 is 0 Å². The molecule has 2 atom stereocenters. The standard InChI is InChI=1S/C17H21N3O/c18-10-3-6-13-5-1-2-7-14(13)17(21)19-15-9-12-20-11-4-8-16(15)20/h1-2,5,7,15-16H,4,8-12,18H2,(H,19,21). The van der Waals surface area contributed by atoms with Crippen molar-refractivity contribution in [3.8, 4) is 11.8 Å². The monoisotopic (exact) mass is 283 g/mol. The van der Waals surface area contributed by atoms with E-state index in [1.165, 1.54) is 19.4 Å². The van der Waals surface area contributed by atoms with Crippen LogP contribution in [-0.2, 0) is 0 Å². The fraction of sp³-hybridized carbons (Fsp3) is 0.471. The summed E-state index contributed by atoms with van der Waals surface area (Å²) >= 11 is 0. The first-order valence-corrected chi connectivity index (χ1v) is 7.62. The second-order valence-electron chi connectivity index (χ2n) is 5.67. The van der Waals surface area contributed by atoms with E-state index in [1.54, 1.807) is 0 Å². The van der Waals surface area contributed by atoms with E-state index in [0.29, 0.717) is 18.2 Å². The van der Waals surface area contributed by atoms with Crippen molar-refractivity contribution >= 4 is 5.91 Å². The van der Waals surface area contributed by atoms with Gasteiger partial charge in [-0.1, -0.05) is 24.0 Å². The molecule has 0 radical (unpaired) electrons. The number of fused-ring (bicyclic) bond motifs is 1. The normalized spacial score (nSPS) is 24.2. The molecule has 0 aliphatic carbocycles. The van der Waals surface area contributed by atoms with Crippen LogP contribution in [0.3, 0.4) is 0 Å². The molecule has 2 fully saturated rings. The lowest BCUT2D eigenvalue weighted by Crippen LogP contribution is -2.42. The number of carbonyl (C=O) groups excluding carboxylic acids is 1. The van der Waals surface area contributed by atoms with Crippen molar-refractivity contribution in [2.45, 2.75) is 31.3 Å². The van der Waals surface area contributed by atoms with Crippen molar-refractivity contribution in [1.29, 1.82) is 0 Å². The van der Waals surface area contributed by atoms with E-state index < -0.39 is 0 Å². The maximum absolute atomic E-state index is 12.5. The minimum absolute atomic E-state index is 0.0179. The van der Waals surface area contributed by atoms with Gasteiger partial charge in [0.25, 0.3) is 5.91 Å². The summed E-state index contributed by atoms with van der Waals surface area (Å²) in [6, 6.07) is 8.27. The Morgan fingerprint density at radius 3 is 3.05 bits per heavy atom. The molecule has 4 heteroatoms. The Hall–Kier alpha value is -1.83. The van der Waals surface area contributed by atoms with Gasteiger partial charge in [0.05, 0.1) is 12.1 Å². The van der Waals surface area contributed by atoms with E-state index in [4.69, 9.17) is 5.73 Å². The van der Waals surface area contributed by atoms with Crippen molar-refractivity contribution in [2.24, 2.45) is 5.73 Å². The van der Waals surface area contributed by atoms with Crippen LogP contribution in [0.2, 0.25) is 0 Å². The highest BCUT2D eigenvalue weighted by atomic mass is 16.1. The zero-order valence-corrected chi connectivity index (χ0v) is 12.1. The average Bonchev–Trinajstić information content (AvgIpc) is 3.10. The molecule has 2 aliphatic heterocycles. The van der Waals surface area contributed by atoms with E-state index in [1.807, 2.05) is 24.3 Å². The third kappa shape index (κ3) is 2.94. The first-order valence-electron chi connectivity index (χ1n) is 7.62. The number of nitrogens with one attached hydrogen (secondary N) is 1. The Labute approximate surface area is 125 Å². The van der Waals surface area contributed by atoms with Crippen LogP contribution >= 0.6 is 0 Å². The highest BCUT2D eigenvalue weighted by Gasteiger charge is 2.37. The van der Waals surface area contributed by atoms with Gasteiger partial charge in [-0.15, -0.1) is 0 Å². The molecule has 0 aromatic heterocycles. The van der Waals surface area contributed by atoms with Crippen molar-refractivity contribution < 1.29 is 4.79 Å². The van der Waals surface area contributed by atoms with Crippen LogP contribution in [0.4, 0.5) is 0 Å². The van der Waals surface area contributed by atoms with Gasteiger partial charge in [-0.2, -0.15) is 0 Å². The number of nitrogens with zero attached hydrogens (tertiary/aromatic N) is 1. The van der Waals surface area contributed by atoms with Crippen molar-refractivity contribution in [1.82, 2.24) is 10.2 Å². The molecule has 1 amide bonds. The topological polar surface area (TPSA) is 58.4 Å². The fourth-order valence-electron chi connectivity index (χ4n) is 3.43. The van der Waals surface area contributed by atoms with Crippen molar-refractivity contribution in [3.05, 3.63) is 35.4 Å². The molecule has 4 nitrogen and oxygen atoms in total. The summed E-state index contributed by atoms with van der Waals surface area (Å²) in [6.45, 7) is 2.58. The first kappa shape index (κ1) is 14.1. The molecule has 1 aromatic carbocycles. The second kappa shape index (κ2) is 6.30. The van der Waals surface area contributed by atoms with E-state index in [9.17, 15) is 4.79 Å². The minimum atomic E-state index is -0.0179. The van der Waals surface area contributed by atoms with Gasteiger partial charge in [0.2, 0.25) is 0 Å². The first-order chi connectivity index (χ1) is 10.3. The van der Waals surface area contributed by atoms with Gasteiger partial charge in [0.1, 0.15) is 0 Å². The molecular weight excluding hydrogens is 262 g/mol. The van der Waals surface area contributed by atoms with Crippen molar-refractivity contribution in [2.75, 3.05) is 19.6 Å². The SMILES string of the molecule is NCC#Cc1ccccc1C(=O)NC1CCN2CCCC12. The number of hydrogen-bond donors (Lipinski definition) is 2. The number of nitrogens with two attached hydrogens (primary N) is 1. The average molecular weight is 283 g/mol. The van der Waals surface area contributed by atoms with Crippen LogP contribution in [0.5, 0.6) is 0 Å². The minimum Gasteiger partial charge on any atom is -0.348 e. The highest BCUT2D eigenvalue weighted by molar-refractivity contribution is 5.97. The molecular formula is C17H21N3O. The zero-order chi connectivity index (χ0) is 14.7. The zero-order valence-electron chi connectivity index (χ0n) is 12.1. The number of amides is 1. The van der Waals surface area contributed by atoms with Crippen LogP contribution in [0.25, 0.3) is 0 Å². The molecule has 110 valence electrons. The van der Waals surface area contributed by atoms with Gasteiger partial charge >= 0.3 is 0 Å². The van der Waals surface area contributed by atoms with Crippen LogP contribution in [-0.4, -0.2) is 42.5 Å². The third-order valence-corrected chi connectivity index (χ3v) is 4.42. The van der Waals surface area contributed by atoms with E-state index in [2.05, 4.69) is 22.1 Å². The van der Waals surface area contributed by atoms with Gasteiger partial charge in [0.15, 0.2) is 0 Å². The lowest BCUT2D eigenvalue weighted by atomic mass is 10.0. The Bertz CT molecular complexity index is 587. The molecule has 2 heterocycles. The van der Waals surface area contributed by atoms with E-state index in [-0.39, 0.29) is 11.9 Å². The van der Waals surface area contributed by atoms with Gasteiger partial charge in [-0.3, -0.25) is 9.69 Å². The highest BCUT2D eigenvalue weighted by Crippen LogP contribution is 2.28. The van der Waals surface area contributed by atoms with E-state index in [0.717, 1.165) is 18.5 Å². The lowest BCUT2D eigenvalue weighted by molar-refractivity contribution is 0.0929. The molecule has 21 heavy (non-hydrogen) atoms. The number of rotatable bonds is 2. The summed E-state index contributed by atoms with van der Waals surface area (Å²) in [4.78, 5) is 15.0. The maximum atomic E-state index is 12.5. The quantitative estimate of drug-likeness (QED) is 0.795. The molecule has 3 rings (SSSR count). The predicted molar refractivity (Wildman–Crippen MR) is 82.8 cm³/mol. The lowest BCUT2D eigenvalue weighted by Gasteiger charge is -2.21. The number of benzene rings is 1. The Morgan fingerprint density at radius 2 is 2.19 bits per heavy atom. The summed E-state index contributed by atoms with van der Waals surface area (Å²) in [5.41, 5.74) is 6.81. The van der Waals surface area contributed by atoms with Crippen LogP contribution < -0.4 is 11.1 Å². The smallest absolute Gasteiger partial charge is 0.252 e. The molecule has 3 N–H and O–H groups in total. The van der Waals surface area contributed by atoms with Gasteiger partial charge in [-0.25, -0.2) is 0 Å². The summed E-state index contributed by atoms with van der Waals surface area (Å²) in [7, 11) is 0. The predicted octanol–water partition coefficient (Wildman–Crippen LogP) is 0.963. The van der Waals surface area contributed by atoms with Crippen LogP contribution in [0, 0.1) is 11.8 Å². The number of carbonyl (C=O) groups is 1. The second-order valence-corrected chi connectivity index (χ2v) is 5.67. The van der Waals surface area contributed by atoms with Crippen molar-refractivity contribution in [3.63, 3.8) is 0 Å². The molecule has 2 saturated heterocycles. The summed E-state index contributed by atoms with van der Waals surface area (Å²) < 4.78 is 0. The van der Waals surface area contributed by atoms with Crippen LogP contribution in [0.15, 0.2) is 24.3 Å². The Balaban J connectivity index is 1.74. The summed E-state index contributed by atoms with van der Waals surface area (Å²) in [5, 5.41) is 3.20. The molecule has 0 spiro atoms. The molecule has 0 bridgehead atoms. The fourth-order valence-corrected chi connectivity index (χ4v) is 3.43. The molecule has 0 saturated carbocycles. The Kier molecular flexibility index (Phi) is 4.23. The molecule has 2 aliphatic rings. The van der Waals surface area contributed by atoms with Gasteiger partial charge in [0, 0.05) is 24.2 Å².